The van der Waals surface area contributed by atoms with Gasteiger partial charge in [0.15, 0.2) is 0 Å². The van der Waals surface area contributed by atoms with E-state index in [4.69, 9.17) is 9.15 Å². The summed E-state index contributed by atoms with van der Waals surface area (Å²) in [5, 5.41) is 0. The predicted molar refractivity (Wildman–Crippen MR) is 64.8 cm³/mol. The van der Waals surface area contributed by atoms with Gasteiger partial charge in [-0.15, -0.1) is 0 Å². The number of esters is 1. The monoisotopic (exact) mass is 236 g/mol. The molecule has 94 valence electrons. The number of carbonyl (C=O) groups is 1. The van der Waals surface area contributed by atoms with Crippen molar-refractivity contribution in [1.82, 2.24) is 0 Å². The molecule has 1 aliphatic carbocycles. The number of ether oxygens (including phenoxy) is 1. The second-order valence-electron chi connectivity index (χ2n) is 4.84. The minimum absolute atomic E-state index is 0.135. The summed E-state index contributed by atoms with van der Waals surface area (Å²) in [5.41, 5.74) is 0. The van der Waals surface area contributed by atoms with E-state index in [9.17, 15) is 4.79 Å². The van der Waals surface area contributed by atoms with Crippen molar-refractivity contribution in [2.24, 2.45) is 5.92 Å². The standard InChI is InChI=1S/C14H20O3/c1-3-8-16-14(15)7-5-11-4-6-13(17-11)12-9-10(12)2/h4,6,10,12H,3,5,7-9H2,1-2H3. The highest BCUT2D eigenvalue weighted by molar-refractivity contribution is 5.69. The molecule has 1 aliphatic rings. The molecule has 3 heteroatoms. The summed E-state index contributed by atoms with van der Waals surface area (Å²) in [4.78, 5) is 11.3. The molecule has 0 amide bonds. The van der Waals surface area contributed by atoms with Gasteiger partial charge in [0, 0.05) is 12.3 Å². The number of carbonyl (C=O) groups excluding carboxylic acids is 1. The van der Waals surface area contributed by atoms with E-state index >= 15 is 0 Å². The molecule has 0 saturated heterocycles. The van der Waals surface area contributed by atoms with Crippen LogP contribution in [0.5, 0.6) is 0 Å². The second-order valence-corrected chi connectivity index (χ2v) is 4.84. The number of aryl methyl sites for hydroxylation is 1. The lowest BCUT2D eigenvalue weighted by molar-refractivity contribution is -0.143. The lowest BCUT2D eigenvalue weighted by Crippen LogP contribution is -2.06. The maximum Gasteiger partial charge on any atom is 0.306 e. The molecule has 0 aromatic carbocycles. The molecule has 3 nitrogen and oxygen atoms in total. The second kappa shape index (κ2) is 5.39. The molecule has 0 N–H and O–H groups in total. The zero-order chi connectivity index (χ0) is 12.3. The van der Waals surface area contributed by atoms with Crippen molar-refractivity contribution < 1.29 is 13.9 Å². The molecule has 2 unspecified atom stereocenters. The molecular weight excluding hydrogens is 216 g/mol. The van der Waals surface area contributed by atoms with Crippen molar-refractivity contribution in [3.63, 3.8) is 0 Å². The van der Waals surface area contributed by atoms with Crippen LogP contribution in [0.1, 0.15) is 50.5 Å². The van der Waals surface area contributed by atoms with E-state index in [1.54, 1.807) is 0 Å². The Bertz CT molecular complexity index is 381. The van der Waals surface area contributed by atoms with Crippen LogP contribution < -0.4 is 0 Å². The minimum Gasteiger partial charge on any atom is -0.466 e. The van der Waals surface area contributed by atoms with Crippen molar-refractivity contribution >= 4 is 5.97 Å². The maximum absolute atomic E-state index is 11.3. The van der Waals surface area contributed by atoms with Gasteiger partial charge in [-0.2, -0.15) is 0 Å². The van der Waals surface area contributed by atoms with Crippen LogP contribution >= 0.6 is 0 Å². The Kier molecular flexibility index (Phi) is 3.87. The lowest BCUT2D eigenvalue weighted by Gasteiger charge is -2.01. The van der Waals surface area contributed by atoms with Crippen LogP contribution in [-0.2, 0) is 16.0 Å². The molecular formula is C14H20O3. The quantitative estimate of drug-likeness (QED) is 0.711. The van der Waals surface area contributed by atoms with Gasteiger partial charge in [-0.05, 0) is 30.9 Å². The highest BCUT2D eigenvalue weighted by Crippen LogP contribution is 2.47. The fraction of sp³-hybridized carbons (Fsp3) is 0.643. The van der Waals surface area contributed by atoms with Gasteiger partial charge in [-0.1, -0.05) is 13.8 Å². The Morgan fingerprint density at radius 1 is 1.53 bits per heavy atom. The van der Waals surface area contributed by atoms with E-state index in [1.165, 1.54) is 6.42 Å². The average molecular weight is 236 g/mol. The number of hydrogen-bond acceptors (Lipinski definition) is 3. The normalized spacial score (nSPS) is 22.5. The molecule has 0 bridgehead atoms. The van der Waals surface area contributed by atoms with E-state index < -0.39 is 0 Å². The third-order valence-electron chi connectivity index (χ3n) is 3.20. The van der Waals surface area contributed by atoms with E-state index in [0.717, 1.165) is 23.9 Å². The van der Waals surface area contributed by atoms with Crippen LogP contribution in [0.15, 0.2) is 16.5 Å². The van der Waals surface area contributed by atoms with Crippen molar-refractivity contribution in [3.8, 4) is 0 Å². The van der Waals surface area contributed by atoms with Gasteiger partial charge in [0.25, 0.3) is 0 Å². The Morgan fingerprint density at radius 2 is 2.29 bits per heavy atom. The smallest absolute Gasteiger partial charge is 0.306 e. The molecule has 0 radical (unpaired) electrons. The van der Waals surface area contributed by atoms with Crippen LogP contribution in [0.25, 0.3) is 0 Å². The summed E-state index contributed by atoms with van der Waals surface area (Å²) in [5.74, 6) is 3.20. The van der Waals surface area contributed by atoms with Gasteiger partial charge >= 0.3 is 5.97 Å². The Balaban J connectivity index is 1.75. The topological polar surface area (TPSA) is 39.4 Å². The molecule has 17 heavy (non-hydrogen) atoms. The molecule has 0 aliphatic heterocycles. The van der Waals surface area contributed by atoms with Gasteiger partial charge in [-0.3, -0.25) is 4.79 Å². The zero-order valence-electron chi connectivity index (χ0n) is 10.6. The predicted octanol–water partition coefficient (Wildman–Crippen LogP) is 3.29. The van der Waals surface area contributed by atoms with Crippen molar-refractivity contribution in [1.29, 1.82) is 0 Å². The van der Waals surface area contributed by atoms with Crippen molar-refractivity contribution in [2.75, 3.05) is 6.61 Å². The summed E-state index contributed by atoms with van der Waals surface area (Å²) in [7, 11) is 0. The van der Waals surface area contributed by atoms with Gasteiger partial charge in [0.1, 0.15) is 11.5 Å². The first-order valence-corrected chi connectivity index (χ1v) is 6.45. The molecule has 1 fully saturated rings. The molecule has 2 rings (SSSR count). The number of hydrogen-bond donors (Lipinski definition) is 0. The molecule has 2 atom stereocenters. The Hall–Kier alpha value is -1.25. The van der Waals surface area contributed by atoms with E-state index in [2.05, 4.69) is 6.92 Å². The first kappa shape index (κ1) is 12.2. The van der Waals surface area contributed by atoms with E-state index in [0.29, 0.717) is 25.4 Å². The highest BCUT2D eigenvalue weighted by Gasteiger charge is 2.36. The average Bonchev–Trinajstić information content (AvgIpc) is 2.88. The molecule has 1 aromatic heterocycles. The third-order valence-corrected chi connectivity index (χ3v) is 3.20. The summed E-state index contributed by atoms with van der Waals surface area (Å²) in [6, 6.07) is 4.02. The molecule has 1 saturated carbocycles. The van der Waals surface area contributed by atoms with Crippen LogP contribution in [0.4, 0.5) is 0 Å². The molecule has 0 spiro atoms. The van der Waals surface area contributed by atoms with Crippen LogP contribution in [0.2, 0.25) is 0 Å². The van der Waals surface area contributed by atoms with Gasteiger partial charge < -0.3 is 9.15 Å². The van der Waals surface area contributed by atoms with Gasteiger partial charge in [-0.25, -0.2) is 0 Å². The van der Waals surface area contributed by atoms with Gasteiger partial charge in [0.2, 0.25) is 0 Å². The summed E-state index contributed by atoms with van der Waals surface area (Å²) in [6.45, 7) is 4.74. The summed E-state index contributed by atoms with van der Waals surface area (Å²) >= 11 is 0. The van der Waals surface area contributed by atoms with Gasteiger partial charge in [0.05, 0.1) is 13.0 Å². The number of rotatable bonds is 6. The van der Waals surface area contributed by atoms with Crippen molar-refractivity contribution in [3.05, 3.63) is 23.7 Å². The SMILES string of the molecule is CCCOC(=O)CCc1ccc(C2CC2C)o1. The largest absolute Gasteiger partial charge is 0.466 e. The fourth-order valence-electron chi connectivity index (χ4n) is 1.96. The third kappa shape index (κ3) is 3.35. The van der Waals surface area contributed by atoms with Crippen LogP contribution in [0, 0.1) is 5.92 Å². The zero-order valence-corrected chi connectivity index (χ0v) is 10.6. The summed E-state index contributed by atoms with van der Waals surface area (Å²) in [6.07, 6.45) is 3.15. The minimum atomic E-state index is -0.135. The first-order chi connectivity index (χ1) is 8.20. The fourth-order valence-corrected chi connectivity index (χ4v) is 1.96. The van der Waals surface area contributed by atoms with E-state index in [1.807, 2.05) is 19.1 Å². The van der Waals surface area contributed by atoms with E-state index in [-0.39, 0.29) is 5.97 Å². The Morgan fingerprint density at radius 3 is 2.94 bits per heavy atom. The van der Waals surface area contributed by atoms with Crippen molar-refractivity contribution in [2.45, 2.75) is 45.4 Å². The summed E-state index contributed by atoms with van der Waals surface area (Å²) < 4.78 is 10.7. The maximum atomic E-state index is 11.3. The number of furan rings is 1. The molecule has 1 aromatic rings. The van der Waals surface area contributed by atoms with Crippen LogP contribution in [0.3, 0.4) is 0 Å². The Labute approximate surface area is 102 Å². The lowest BCUT2D eigenvalue weighted by atomic mass is 10.2. The first-order valence-electron chi connectivity index (χ1n) is 6.45. The molecule has 1 heterocycles. The highest BCUT2D eigenvalue weighted by atomic mass is 16.5. The van der Waals surface area contributed by atoms with Crippen LogP contribution in [-0.4, -0.2) is 12.6 Å².